The van der Waals surface area contributed by atoms with Gasteiger partial charge in [-0.15, -0.1) is 0 Å². The van der Waals surface area contributed by atoms with E-state index in [-0.39, 0.29) is 16.6 Å². The van der Waals surface area contributed by atoms with E-state index in [2.05, 4.69) is 67.3 Å². The number of rotatable bonds is 2. The molecule has 1 atom stereocenters. The minimum atomic E-state index is -1.73. The van der Waals surface area contributed by atoms with Gasteiger partial charge in [0.15, 0.2) is 8.32 Å². The topological polar surface area (TPSA) is 9.23 Å². The average Bonchev–Trinajstić information content (AvgIpc) is 2.34. The molecule has 0 bridgehead atoms. The van der Waals surface area contributed by atoms with Crippen LogP contribution in [0.4, 0.5) is 0 Å². The maximum Gasteiger partial charge on any atom is 0.192 e. The highest BCUT2D eigenvalue weighted by Gasteiger charge is 2.47. The third-order valence-electron chi connectivity index (χ3n) is 4.60. The van der Waals surface area contributed by atoms with Crippen molar-refractivity contribution < 1.29 is 4.43 Å². The molecule has 1 saturated carbocycles. The van der Waals surface area contributed by atoms with Crippen LogP contribution in [0.2, 0.25) is 18.1 Å². The second kappa shape index (κ2) is 4.64. The van der Waals surface area contributed by atoms with E-state index < -0.39 is 8.32 Å². The molecule has 1 nitrogen and oxygen atoms in total. The molecule has 0 aromatic carbocycles. The summed E-state index contributed by atoms with van der Waals surface area (Å²) < 4.78 is 6.66. The summed E-state index contributed by atoms with van der Waals surface area (Å²) in [4.78, 5) is 0. The van der Waals surface area contributed by atoms with E-state index in [4.69, 9.17) is 4.43 Å². The normalized spacial score (nSPS) is 27.0. The lowest BCUT2D eigenvalue weighted by molar-refractivity contribution is 0.113. The second-order valence-electron chi connectivity index (χ2n) is 7.77. The summed E-state index contributed by atoms with van der Waals surface area (Å²) in [5.74, 6) is 0. The number of hydrogen-bond acceptors (Lipinski definition) is 1. The Morgan fingerprint density at radius 1 is 1.33 bits per heavy atom. The fourth-order valence-electron chi connectivity index (χ4n) is 2.40. The van der Waals surface area contributed by atoms with Crippen molar-refractivity contribution in [2.75, 3.05) is 0 Å². The third kappa shape index (κ3) is 2.80. The Hall–Kier alpha value is -0.343. The number of hydrogen-bond donors (Lipinski definition) is 0. The molecule has 18 heavy (non-hydrogen) atoms. The largest absolute Gasteiger partial charge is 0.409 e. The minimum absolute atomic E-state index is 0.175. The van der Waals surface area contributed by atoms with Crippen molar-refractivity contribution in [1.82, 2.24) is 0 Å². The van der Waals surface area contributed by atoms with Gasteiger partial charge in [0.25, 0.3) is 0 Å². The van der Waals surface area contributed by atoms with Crippen LogP contribution in [0.1, 0.15) is 48.0 Å². The third-order valence-corrected chi connectivity index (χ3v) is 9.04. The van der Waals surface area contributed by atoms with Crippen LogP contribution < -0.4 is 0 Å². The molecule has 0 aromatic heterocycles. The summed E-state index contributed by atoms with van der Waals surface area (Å²) in [6.45, 7) is 22.5. The van der Waals surface area contributed by atoms with Crippen LogP contribution in [0.15, 0.2) is 23.8 Å². The Morgan fingerprint density at radius 2 is 1.83 bits per heavy atom. The van der Waals surface area contributed by atoms with E-state index in [0.29, 0.717) is 0 Å². The molecule has 0 saturated heterocycles. The molecule has 1 unspecified atom stereocenters. The first-order valence-corrected chi connectivity index (χ1v) is 9.85. The number of allylic oxidation sites excluding steroid dienone is 1. The molecule has 0 aliphatic heterocycles. The van der Waals surface area contributed by atoms with Gasteiger partial charge in [0.05, 0.1) is 6.10 Å². The van der Waals surface area contributed by atoms with Crippen molar-refractivity contribution in [3.8, 4) is 0 Å². The zero-order valence-electron chi connectivity index (χ0n) is 13.5. The molecule has 0 radical (unpaired) electrons. The second-order valence-corrected chi connectivity index (χ2v) is 12.5. The molecule has 1 aliphatic rings. The van der Waals surface area contributed by atoms with Crippen LogP contribution in [0.25, 0.3) is 0 Å². The van der Waals surface area contributed by atoms with Crippen molar-refractivity contribution in [3.63, 3.8) is 0 Å². The van der Waals surface area contributed by atoms with Gasteiger partial charge in [-0.1, -0.05) is 47.3 Å². The van der Waals surface area contributed by atoms with E-state index in [1.54, 1.807) is 0 Å². The molecule has 104 valence electrons. The Kier molecular flexibility index (Phi) is 4.05. The molecular formula is C16H30OSi. The molecule has 0 amide bonds. The van der Waals surface area contributed by atoms with Crippen LogP contribution in [0.5, 0.6) is 0 Å². The lowest BCUT2D eigenvalue weighted by Crippen LogP contribution is -2.46. The van der Waals surface area contributed by atoms with E-state index >= 15 is 0 Å². The van der Waals surface area contributed by atoms with Crippen LogP contribution in [-0.2, 0) is 4.43 Å². The van der Waals surface area contributed by atoms with Gasteiger partial charge in [0.1, 0.15) is 0 Å². The summed E-state index contributed by atoms with van der Waals surface area (Å²) in [6.07, 6.45) is 3.46. The molecule has 1 rings (SSSR count). The molecule has 0 N–H and O–H groups in total. The first kappa shape index (κ1) is 15.7. The van der Waals surface area contributed by atoms with Crippen LogP contribution in [0.3, 0.4) is 0 Å². The fourth-order valence-corrected chi connectivity index (χ4v) is 3.79. The Morgan fingerprint density at radius 3 is 2.22 bits per heavy atom. The van der Waals surface area contributed by atoms with Gasteiger partial charge in [0, 0.05) is 0 Å². The van der Waals surface area contributed by atoms with Gasteiger partial charge >= 0.3 is 0 Å². The average molecular weight is 267 g/mol. The summed E-state index contributed by atoms with van der Waals surface area (Å²) in [6, 6.07) is 0. The summed E-state index contributed by atoms with van der Waals surface area (Å²) in [7, 11) is -1.73. The smallest absolute Gasteiger partial charge is 0.192 e. The van der Waals surface area contributed by atoms with Gasteiger partial charge in [-0.3, -0.25) is 0 Å². The molecule has 1 fully saturated rings. The van der Waals surface area contributed by atoms with Crippen LogP contribution in [0, 0.1) is 5.41 Å². The van der Waals surface area contributed by atoms with Gasteiger partial charge in [-0.05, 0) is 48.0 Å². The van der Waals surface area contributed by atoms with Gasteiger partial charge in [0.2, 0.25) is 0 Å². The van der Waals surface area contributed by atoms with Gasteiger partial charge in [-0.25, -0.2) is 0 Å². The van der Waals surface area contributed by atoms with Crippen molar-refractivity contribution in [3.05, 3.63) is 23.8 Å². The monoisotopic (exact) mass is 266 g/mol. The predicted octanol–water partition coefficient (Wildman–Crippen LogP) is 5.31. The first-order valence-electron chi connectivity index (χ1n) is 6.94. The van der Waals surface area contributed by atoms with E-state index in [1.165, 1.54) is 11.1 Å². The van der Waals surface area contributed by atoms with Crippen LogP contribution in [-0.4, -0.2) is 14.4 Å². The molecular weight excluding hydrogens is 236 g/mol. The van der Waals surface area contributed by atoms with E-state index in [1.807, 2.05) is 0 Å². The maximum atomic E-state index is 6.66. The Labute approximate surface area is 114 Å². The highest BCUT2D eigenvalue weighted by atomic mass is 28.4. The molecule has 0 aromatic rings. The first-order chi connectivity index (χ1) is 7.92. The predicted molar refractivity (Wildman–Crippen MR) is 83.4 cm³/mol. The molecule has 0 heterocycles. The quantitative estimate of drug-likeness (QED) is 0.615. The zero-order valence-corrected chi connectivity index (χ0v) is 14.5. The highest BCUT2D eigenvalue weighted by molar-refractivity contribution is 6.74. The van der Waals surface area contributed by atoms with Crippen LogP contribution >= 0.6 is 0 Å². The van der Waals surface area contributed by atoms with Crippen molar-refractivity contribution >= 4 is 8.32 Å². The van der Waals surface area contributed by atoms with E-state index in [9.17, 15) is 0 Å². The SMILES string of the molecule is C=C1CC(C)(C)C(O[Si](C)(C)C(C)(C)C)/C1=C/C. The molecule has 2 heteroatoms. The van der Waals surface area contributed by atoms with E-state index in [0.717, 1.165) is 6.42 Å². The minimum Gasteiger partial charge on any atom is -0.409 e. The summed E-state index contributed by atoms with van der Waals surface area (Å²) in [5, 5.41) is 0.256. The summed E-state index contributed by atoms with van der Waals surface area (Å²) in [5.41, 5.74) is 2.75. The van der Waals surface area contributed by atoms with Crippen molar-refractivity contribution in [2.45, 2.75) is 72.2 Å². The molecule has 1 aliphatic carbocycles. The Bertz CT molecular complexity index is 369. The highest BCUT2D eigenvalue weighted by Crippen LogP contribution is 2.49. The van der Waals surface area contributed by atoms with Gasteiger partial charge < -0.3 is 4.43 Å². The lowest BCUT2D eigenvalue weighted by atomic mass is 9.88. The molecule has 0 spiro atoms. The Balaban J connectivity index is 3.05. The fraction of sp³-hybridized carbons (Fsp3) is 0.750. The summed E-state index contributed by atoms with van der Waals surface area (Å²) >= 11 is 0. The van der Waals surface area contributed by atoms with Crippen molar-refractivity contribution in [1.29, 1.82) is 0 Å². The van der Waals surface area contributed by atoms with Crippen molar-refractivity contribution in [2.24, 2.45) is 5.41 Å². The standard InChI is InChI=1S/C16H30OSi/c1-10-13-12(2)11-16(6,7)14(13)17-18(8,9)15(3,4)5/h10,14H,2,11H2,1,3-9H3/b13-10+. The van der Waals surface area contributed by atoms with Gasteiger partial charge in [-0.2, -0.15) is 0 Å². The lowest BCUT2D eigenvalue weighted by Gasteiger charge is -2.42. The maximum absolute atomic E-state index is 6.66. The zero-order chi connectivity index (χ0) is 14.4.